The summed E-state index contributed by atoms with van der Waals surface area (Å²) >= 11 is 0. The van der Waals surface area contributed by atoms with E-state index in [-0.39, 0.29) is 37.2 Å². The first-order valence-electron chi connectivity index (χ1n) is 16.0. The van der Waals surface area contributed by atoms with Crippen LogP contribution in [0.15, 0.2) is 15.9 Å². The van der Waals surface area contributed by atoms with Crippen molar-refractivity contribution in [3.63, 3.8) is 0 Å². The number of unbranched alkanes of at least 4 members (excludes halogenated alkanes) is 1. The molecule has 0 aliphatic heterocycles. The number of aliphatic imine (C=N–C) groups is 1. The molecule has 0 aliphatic carbocycles. The first-order valence-corrected chi connectivity index (χ1v) is 16.0. The van der Waals surface area contributed by atoms with Crippen LogP contribution in [0.25, 0.3) is 0 Å². The molecule has 0 saturated carbocycles. The fourth-order valence-electron chi connectivity index (χ4n) is 4.46. The Morgan fingerprint density at radius 1 is 0.882 bits per heavy atom. The molecule has 1 heterocycles. The van der Waals surface area contributed by atoms with Gasteiger partial charge < -0.3 is 53.4 Å². The van der Waals surface area contributed by atoms with Gasteiger partial charge in [-0.25, -0.2) is 14.6 Å². The number of nitrogens with two attached hydrogens (primary N) is 2. The molecule has 0 aromatic carbocycles. The van der Waals surface area contributed by atoms with Gasteiger partial charge in [0.25, 0.3) is 5.56 Å². The van der Waals surface area contributed by atoms with Crippen molar-refractivity contribution in [3.8, 4) is 0 Å². The predicted molar refractivity (Wildman–Crippen MR) is 180 cm³/mol. The summed E-state index contributed by atoms with van der Waals surface area (Å²) in [6.07, 6.45) is 2.62. The van der Waals surface area contributed by atoms with Crippen LogP contribution in [0.1, 0.15) is 70.4 Å². The lowest BCUT2D eigenvalue weighted by molar-refractivity contribution is -0.144. The number of carboxylic acid groups (broad SMARTS) is 2. The molecular weight excluding hydrogens is 678 g/mol. The summed E-state index contributed by atoms with van der Waals surface area (Å²) in [5, 5.41) is 40.4. The Balaban J connectivity index is 2.88. The van der Waals surface area contributed by atoms with E-state index in [0.29, 0.717) is 5.69 Å². The number of hydrogen-bond acceptors (Lipinski definition) is 11. The number of anilines is 1. The fraction of sp³-hybridized carbons (Fsp3) is 0.586. The third-order valence-corrected chi connectivity index (χ3v) is 7.07. The zero-order valence-electron chi connectivity index (χ0n) is 28.3. The molecule has 1 unspecified atom stereocenters. The number of rotatable bonds is 23. The van der Waals surface area contributed by atoms with Crippen molar-refractivity contribution in [2.24, 2.45) is 16.5 Å². The quantitative estimate of drug-likeness (QED) is 0.0300. The summed E-state index contributed by atoms with van der Waals surface area (Å²) in [6.45, 7) is 1.64. The Bertz CT molecular complexity index is 1460. The van der Waals surface area contributed by atoms with Gasteiger partial charge in [0.1, 0.15) is 18.1 Å². The van der Waals surface area contributed by atoms with Gasteiger partial charge in [0.05, 0.1) is 31.8 Å². The third kappa shape index (κ3) is 17.4. The number of aliphatic hydroxyl groups is 1. The molecule has 284 valence electrons. The zero-order chi connectivity index (χ0) is 38.5. The van der Waals surface area contributed by atoms with Crippen LogP contribution in [0, 0.1) is 0 Å². The van der Waals surface area contributed by atoms with Crippen molar-refractivity contribution >= 4 is 53.5 Å². The predicted octanol–water partition coefficient (Wildman–Crippen LogP) is -3.25. The number of aliphatic carboxylic acids is 2. The maximum Gasteiger partial charge on any atom is 0.328 e. The summed E-state index contributed by atoms with van der Waals surface area (Å²) in [5.74, 6) is -7.43. The van der Waals surface area contributed by atoms with E-state index in [2.05, 4.69) is 41.5 Å². The van der Waals surface area contributed by atoms with Gasteiger partial charge in [0, 0.05) is 18.5 Å². The number of aliphatic hydroxyl groups excluding tert-OH is 1. The second-order valence-corrected chi connectivity index (χ2v) is 11.2. The largest absolute Gasteiger partial charge is 0.481 e. The molecule has 22 heteroatoms. The molecule has 51 heavy (non-hydrogen) atoms. The lowest BCUT2D eigenvalue weighted by Crippen LogP contribution is -2.55. The topological polar surface area (TPSA) is 363 Å². The van der Waals surface area contributed by atoms with Crippen LogP contribution in [0.4, 0.5) is 10.7 Å². The lowest BCUT2D eigenvalue weighted by atomic mass is 9.96. The number of amides is 6. The lowest BCUT2D eigenvalue weighted by Gasteiger charge is -2.21. The number of carbonyl (C=O) groups is 7. The molecule has 1 aromatic heterocycles. The molecule has 0 saturated heterocycles. The van der Waals surface area contributed by atoms with Crippen LogP contribution < -0.4 is 48.9 Å². The minimum Gasteiger partial charge on any atom is -0.481 e. The number of guanidine groups is 1. The van der Waals surface area contributed by atoms with E-state index in [1.807, 2.05) is 19.2 Å². The minimum atomic E-state index is -1.77. The second-order valence-electron chi connectivity index (χ2n) is 11.2. The molecule has 0 bridgehead atoms. The molecule has 0 aliphatic rings. The minimum absolute atomic E-state index is 0.0110. The van der Waals surface area contributed by atoms with Crippen molar-refractivity contribution in [2.45, 2.75) is 82.8 Å². The van der Waals surface area contributed by atoms with Crippen molar-refractivity contribution in [3.05, 3.63) is 22.1 Å². The van der Waals surface area contributed by atoms with Gasteiger partial charge in [-0.15, -0.1) is 0 Å². The number of carboxylic acids is 2. The molecule has 0 fully saturated rings. The van der Waals surface area contributed by atoms with Crippen molar-refractivity contribution in [1.29, 1.82) is 0 Å². The SMILES string of the molecule is CCCCC(CC)c1cc(=O)[nH]c(NC(=O)NCC(=O)N[C@H](CCCN=C(N)N)C(=O)NCC(=O)N[C@H](CC(=O)O)C(=O)N[C@@H](CO)C(=O)O)n1. The average molecular weight is 726 g/mol. The van der Waals surface area contributed by atoms with Crippen molar-refractivity contribution < 1.29 is 48.9 Å². The summed E-state index contributed by atoms with van der Waals surface area (Å²) in [4.78, 5) is 108. The van der Waals surface area contributed by atoms with Crippen LogP contribution in [0.3, 0.4) is 0 Å². The molecule has 14 N–H and O–H groups in total. The first-order chi connectivity index (χ1) is 24.1. The Labute approximate surface area is 292 Å². The van der Waals surface area contributed by atoms with Crippen LogP contribution in [-0.4, -0.2) is 117 Å². The number of hydrogen-bond donors (Lipinski definition) is 12. The molecule has 1 rings (SSSR count). The van der Waals surface area contributed by atoms with Gasteiger partial charge in [0.15, 0.2) is 5.96 Å². The summed E-state index contributed by atoms with van der Waals surface area (Å²) in [6, 6.07) is -4.34. The normalized spacial score (nSPS) is 12.9. The van der Waals surface area contributed by atoms with E-state index < -0.39 is 91.4 Å². The highest BCUT2D eigenvalue weighted by Gasteiger charge is 2.29. The molecule has 0 radical (unpaired) electrons. The molecule has 0 spiro atoms. The Hall–Kier alpha value is -5.80. The smallest absolute Gasteiger partial charge is 0.328 e. The second kappa shape index (κ2) is 22.8. The van der Waals surface area contributed by atoms with Crippen LogP contribution in [-0.2, 0) is 28.8 Å². The highest BCUT2D eigenvalue weighted by molar-refractivity contribution is 5.95. The molecule has 6 amide bonds. The van der Waals surface area contributed by atoms with E-state index in [0.717, 1.165) is 25.7 Å². The number of nitrogens with one attached hydrogen (secondary N) is 7. The number of nitrogens with zero attached hydrogens (tertiary/aromatic N) is 2. The van der Waals surface area contributed by atoms with Crippen LogP contribution >= 0.6 is 0 Å². The van der Waals surface area contributed by atoms with Gasteiger partial charge >= 0.3 is 18.0 Å². The Morgan fingerprint density at radius 3 is 2.10 bits per heavy atom. The zero-order valence-corrected chi connectivity index (χ0v) is 28.3. The van der Waals surface area contributed by atoms with Crippen LogP contribution in [0.5, 0.6) is 0 Å². The summed E-state index contributed by atoms with van der Waals surface area (Å²) in [5.41, 5.74) is 10.7. The van der Waals surface area contributed by atoms with Crippen molar-refractivity contribution in [2.75, 3.05) is 31.6 Å². The molecule has 1 aromatic rings. The maximum atomic E-state index is 13.0. The molecule has 22 nitrogen and oxygen atoms in total. The fourth-order valence-corrected chi connectivity index (χ4v) is 4.46. The van der Waals surface area contributed by atoms with Gasteiger partial charge in [-0.05, 0) is 25.7 Å². The van der Waals surface area contributed by atoms with Gasteiger partial charge in [0.2, 0.25) is 29.6 Å². The number of aromatic amines is 1. The van der Waals surface area contributed by atoms with Gasteiger partial charge in [-0.2, -0.15) is 0 Å². The molecule has 4 atom stereocenters. The van der Waals surface area contributed by atoms with Crippen molar-refractivity contribution in [1.82, 2.24) is 36.6 Å². The van der Waals surface area contributed by atoms with E-state index in [1.54, 1.807) is 0 Å². The van der Waals surface area contributed by atoms with Gasteiger partial charge in [-0.1, -0.05) is 26.7 Å². The number of urea groups is 1. The Morgan fingerprint density at radius 2 is 1.53 bits per heavy atom. The van der Waals surface area contributed by atoms with Crippen LogP contribution in [0.2, 0.25) is 0 Å². The highest BCUT2D eigenvalue weighted by atomic mass is 16.4. The number of carbonyl (C=O) groups excluding carboxylic acids is 5. The van der Waals surface area contributed by atoms with E-state index in [1.165, 1.54) is 6.07 Å². The highest BCUT2D eigenvalue weighted by Crippen LogP contribution is 2.23. The monoisotopic (exact) mass is 725 g/mol. The Kier molecular flexibility index (Phi) is 19.3. The maximum absolute atomic E-state index is 13.0. The first kappa shape index (κ1) is 43.2. The van der Waals surface area contributed by atoms with E-state index >= 15 is 0 Å². The number of aromatic nitrogens is 2. The van der Waals surface area contributed by atoms with Gasteiger partial charge in [-0.3, -0.25) is 44.1 Å². The molecular formula is C29H47N11O11. The average Bonchev–Trinajstić information content (AvgIpc) is 3.05. The van der Waals surface area contributed by atoms with E-state index in [9.17, 15) is 38.4 Å². The third-order valence-electron chi connectivity index (χ3n) is 7.07. The number of H-pyrrole nitrogens is 1. The standard InChI is InChI=1S/C29H47N11O11/c1-3-5-7-15(4-2)17-10-20(42)39-28(38-17)40-29(51)34-13-22(44)35-16(8-6-9-32-27(30)31)24(47)33-12-21(43)36-18(11-23(45)46)25(48)37-19(14-41)26(49)50/h10,15-16,18-19,41H,3-9,11-14H2,1-2H3,(H,33,47)(H,35,44)(H,36,43)(H,37,48)(H,45,46)(H,49,50)(H4,30,31,32)(H3,34,38,39,40,42,51)/t15?,16-,18-,19+/m1/s1. The summed E-state index contributed by atoms with van der Waals surface area (Å²) in [7, 11) is 0. The van der Waals surface area contributed by atoms with E-state index in [4.69, 9.17) is 26.8 Å². The summed E-state index contributed by atoms with van der Waals surface area (Å²) < 4.78 is 0.